The van der Waals surface area contributed by atoms with Crippen LogP contribution in [0.5, 0.6) is 5.75 Å². The van der Waals surface area contributed by atoms with E-state index in [-0.39, 0.29) is 17.7 Å². The zero-order chi connectivity index (χ0) is 18.0. The smallest absolute Gasteiger partial charge is 0.449 e. The Labute approximate surface area is 141 Å². The number of hydrogen-bond donors (Lipinski definition) is 3. The molecule has 1 amide bonds. The van der Waals surface area contributed by atoms with Gasteiger partial charge in [0, 0.05) is 6.54 Å². The topological polar surface area (TPSA) is 113 Å². The number of benzene rings is 2. The fourth-order valence-corrected chi connectivity index (χ4v) is 2.51. The van der Waals surface area contributed by atoms with Crippen LogP contribution >= 0.6 is 0 Å². The van der Waals surface area contributed by atoms with Gasteiger partial charge in [0.1, 0.15) is 11.1 Å². The van der Waals surface area contributed by atoms with E-state index in [1.807, 2.05) is 31.2 Å². The number of carbonyl (C=O) groups is 2. The van der Waals surface area contributed by atoms with Crippen LogP contribution in [-0.2, 0) is 6.54 Å². The summed E-state index contributed by atoms with van der Waals surface area (Å²) in [6.07, 6.45) is -1.54. The highest BCUT2D eigenvalue weighted by atomic mass is 16.7. The number of nitrogens with zero attached hydrogens (tertiary/aromatic N) is 1. The van der Waals surface area contributed by atoms with E-state index in [2.05, 4.69) is 15.2 Å². The van der Waals surface area contributed by atoms with Gasteiger partial charge in [0.15, 0.2) is 0 Å². The molecule has 3 N–H and O–H groups in total. The summed E-state index contributed by atoms with van der Waals surface area (Å²) in [7, 11) is 0. The van der Waals surface area contributed by atoms with Gasteiger partial charge in [-0.2, -0.15) is 4.68 Å². The molecule has 8 nitrogen and oxygen atoms in total. The van der Waals surface area contributed by atoms with Crippen molar-refractivity contribution in [3.8, 4) is 5.75 Å². The van der Waals surface area contributed by atoms with Crippen molar-refractivity contribution in [3.63, 3.8) is 0 Å². The Morgan fingerprint density at radius 3 is 2.68 bits per heavy atom. The van der Waals surface area contributed by atoms with Crippen LogP contribution in [0.25, 0.3) is 10.9 Å². The van der Waals surface area contributed by atoms with Crippen LogP contribution in [0.1, 0.15) is 11.1 Å². The number of amides is 1. The third-order valence-corrected chi connectivity index (χ3v) is 3.77. The SMILES string of the molecule is Cc1ccccc1CNC(=O)n1[nH]c2cccc(OC(=O)O)c2c1=O. The summed E-state index contributed by atoms with van der Waals surface area (Å²) in [6.45, 7) is 2.18. The van der Waals surface area contributed by atoms with Crippen molar-refractivity contribution >= 4 is 23.1 Å². The molecule has 0 aliphatic carbocycles. The van der Waals surface area contributed by atoms with E-state index in [1.165, 1.54) is 12.1 Å². The summed E-state index contributed by atoms with van der Waals surface area (Å²) >= 11 is 0. The number of fused-ring (bicyclic) bond motifs is 1. The average molecular weight is 341 g/mol. The van der Waals surface area contributed by atoms with E-state index in [4.69, 9.17) is 5.11 Å². The highest BCUT2D eigenvalue weighted by molar-refractivity contribution is 5.89. The Hall–Kier alpha value is -3.55. The third kappa shape index (κ3) is 3.23. The minimum atomic E-state index is -1.54. The van der Waals surface area contributed by atoms with Gasteiger partial charge in [-0.05, 0) is 30.2 Å². The van der Waals surface area contributed by atoms with Crippen molar-refractivity contribution in [1.29, 1.82) is 0 Å². The zero-order valence-electron chi connectivity index (χ0n) is 13.3. The summed E-state index contributed by atoms with van der Waals surface area (Å²) in [5.41, 5.74) is 1.56. The monoisotopic (exact) mass is 341 g/mol. The van der Waals surface area contributed by atoms with Crippen LogP contribution in [0.4, 0.5) is 9.59 Å². The van der Waals surface area contributed by atoms with Crippen molar-refractivity contribution in [1.82, 2.24) is 15.1 Å². The van der Waals surface area contributed by atoms with Gasteiger partial charge in [-0.3, -0.25) is 9.89 Å². The van der Waals surface area contributed by atoms with E-state index in [0.29, 0.717) is 5.52 Å². The van der Waals surface area contributed by atoms with E-state index in [1.54, 1.807) is 6.07 Å². The minimum absolute atomic E-state index is 0.00376. The summed E-state index contributed by atoms with van der Waals surface area (Å²) < 4.78 is 5.39. The molecule has 1 aromatic heterocycles. The lowest BCUT2D eigenvalue weighted by Crippen LogP contribution is -2.35. The summed E-state index contributed by atoms with van der Waals surface area (Å²) in [5.74, 6) is -0.128. The van der Waals surface area contributed by atoms with E-state index in [9.17, 15) is 14.4 Å². The maximum absolute atomic E-state index is 12.4. The molecular formula is C17H15N3O5. The number of carboxylic acid groups (broad SMARTS) is 1. The molecule has 1 heterocycles. The van der Waals surface area contributed by atoms with E-state index >= 15 is 0 Å². The lowest BCUT2D eigenvalue weighted by Gasteiger charge is -2.07. The predicted molar refractivity (Wildman–Crippen MR) is 90.0 cm³/mol. The fraction of sp³-hybridized carbons (Fsp3) is 0.118. The maximum atomic E-state index is 12.4. The van der Waals surface area contributed by atoms with E-state index in [0.717, 1.165) is 15.8 Å². The predicted octanol–water partition coefficient (Wildman–Crippen LogP) is 2.45. The molecule has 0 unspecified atom stereocenters. The molecule has 3 aromatic rings. The molecule has 0 saturated carbocycles. The summed E-state index contributed by atoms with van der Waals surface area (Å²) in [5, 5.41) is 14.0. The second-order valence-corrected chi connectivity index (χ2v) is 5.38. The second-order valence-electron chi connectivity index (χ2n) is 5.38. The first-order valence-corrected chi connectivity index (χ1v) is 7.44. The molecule has 25 heavy (non-hydrogen) atoms. The Morgan fingerprint density at radius 2 is 1.96 bits per heavy atom. The molecule has 0 atom stereocenters. The quantitative estimate of drug-likeness (QED) is 0.500. The normalized spacial score (nSPS) is 10.6. The van der Waals surface area contributed by atoms with Gasteiger partial charge in [-0.1, -0.05) is 30.3 Å². The molecule has 3 rings (SSSR count). The molecule has 0 radical (unpaired) electrons. The van der Waals surface area contributed by atoms with Crippen LogP contribution in [0.15, 0.2) is 47.3 Å². The summed E-state index contributed by atoms with van der Waals surface area (Å²) in [6, 6.07) is 11.3. The van der Waals surface area contributed by atoms with Gasteiger partial charge in [0.2, 0.25) is 0 Å². The lowest BCUT2D eigenvalue weighted by atomic mass is 10.1. The van der Waals surface area contributed by atoms with Gasteiger partial charge in [0.25, 0.3) is 5.56 Å². The standard InChI is InChI=1S/C17H15N3O5/c1-10-5-2-3-6-11(10)9-18-16(22)20-15(21)14-12(19-20)7-4-8-13(14)25-17(23)24/h2-8,19H,9H2,1H3,(H,18,22)(H,23,24). The van der Waals surface area contributed by atoms with Gasteiger partial charge in [-0.15, -0.1) is 0 Å². The second kappa shape index (κ2) is 6.52. The first-order valence-electron chi connectivity index (χ1n) is 7.44. The van der Waals surface area contributed by atoms with Gasteiger partial charge in [0.05, 0.1) is 5.52 Å². The minimum Gasteiger partial charge on any atom is -0.449 e. The van der Waals surface area contributed by atoms with Crippen LogP contribution in [-0.4, -0.2) is 27.1 Å². The average Bonchev–Trinajstić information content (AvgIpc) is 2.91. The Morgan fingerprint density at radius 1 is 1.20 bits per heavy atom. The molecule has 0 spiro atoms. The molecule has 0 aliphatic rings. The molecule has 2 aromatic carbocycles. The van der Waals surface area contributed by atoms with Crippen molar-refractivity contribution in [2.24, 2.45) is 0 Å². The number of aromatic nitrogens is 2. The van der Waals surface area contributed by atoms with Gasteiger partial charge in [-0.25, -0.2) is 9.59 Å². The molecule has 0 fully saturated rings. The molecule has 0 bridgehead atoms. The highest BCUT2D eigenvalue weighted by Crippen LogP contribution is 2.21. The molecule has 8 heteroatoms. The number of aryl methyl sites for hydroxylation is 1. The third-order valence-electron chi connectivity index (χ3n) is 3.77. The summed E-state index contributed by atoms with van der Waals surface area (Å²) in [4.78, 5) is 35.5. The first-order chi connectivity index (χ1) is 12.0. The van der Waals surface area contributed by atoms with Crippen LogP contribution in [0.3, 0.4) is 0 Å². The Balaban J connectivity index is 1.90. The van der Waals surface area contributed by atoms with Crippen molar-refractivity contribution < 1.29 is 19.4 Å². The Bertz CT molecular complexity index is 1020. The van der Waals surface area contributed by atoms with Crippen LogP contribution < -0.4 is 15.6 Å². The molecule has 128 valence electrons. The maximum Gasteiger partial charge on any atom is 0.511 e. The molecule has 0 aliphatic heterocycles. The number of rotatable bonds is 3. The van der Waals surface area contributed by atoms with Gasteiger partial charge >= 0.3 is 12.2 Å². The van der Waals surface area contributed by atoms with Crippen molar-refractivity contribution in [2.75, 3.05) is 0 Å². The Kier molecular flexibility index (Phi) is 4.25. The molecule has 0 saturated heterocycles. The highest BCUT2D eigenvalue weighted by Gasteiger charge is 2.17. The van der Waals surface area contributed by atoms with Crippen LogP contribution in [0.2, 0.25) is 0 Å². The number of hydrogen-bond acceptors (Lipinski definition) is 4. The number of aromatic amines is 1. The van der Waals surface area contributed by atoms with Crippen LogP contribution in [0, 0.1) is 6.92 Å². The number of carbonyl (C=O) groups excluding carboxylic acids is 1. The molecular weight excluding hydrogens is 326 g/mol. The van der Waals surface area contributed by atoms with E-state index < -0.39 is 17.7 Å². The zero-order valence-corrected chi connectivity index (χ0v) is 13.3. The lowest BCUT2D eigenvalue weighted by molar-refractivity contribution is 0.145. The fourth-order valence-electron chi connectivity index (χ4n) is 2.51. The van der Waals surface area contributed by atoms with Crippen molar-refractivity contribution in [2.45, 2.75) is 13.5 Å². The number of ether oxygens (including phenoxy) is 1. The largest absolute Gasteiger partial charge is 0.511 e. The number of nitrogens with one attached hydrogen (secondary N) is 2. The number of H-pyrrole nitrogens is 1. The first kappa shape index (κ1) is 16.3. The van der Waals surface area contributed by atoms with Crippen molar-refractivity contribution in [3.05, 3.63) is 63.9 Å². The van der Waals surface area contributed by atoms with Gasteiger partial charge < -0.3 is 15.2 Å².